The molecule has 0 aliphatic carbocycles. The maximum atomic E-state index is 11.9. The molecule has 0 aliphatic heterocycles. The van der Waals surface area contributed by atoms with Crippen molar-refractivity contribution >= 4 is 5.69 Å². The van der Waals surface area contributed by atoms with E-state index in [1.54, 1.807) is 7.11 Å². The minimum Gasteiger partial charge on any atom is -0.497 e. The summed E-state index contributed by atoms with van der Waals surface area (Å²) in [7, 11) is 1.63. The lowest BCUT2D eigenvalue weighted by atomic mass is 9.99. The van der Waals surface area contributed by atoms with E-state index in [0.29, 0.717) is 11.4 Å². The summed E-state index contributed by atoms with van der Waals surface area (Å²) >= 11 is 0. The Hall–Kier alpha value is -3.66. The van der Waals surface area contributed by atoms with Gasteiger partial charge >= 0.3 is 0 Å². The molecule has 4 aromatic rings. The van der Waals surface area contributed by atoms with Crippen LogP contribution in [0.2, 0.25) is 0 Å². The molecule has 4 rings (SSSR count). The lowest BCUT2D eigenvalue weighted by molar-refractivity contribution is 0.415. The Morgan fingerprint density at radius 1 is 0.704 bits per heavy atom. The van der Waals surface area contributed by atoms with Crippen molar-refractivity contribution < 1.29 is 4.74 Å². The van der Waals surface area contributed by atoms with E-state index in [4.69, 9.17) is 4.74 Å². The Labute approximate surface area is 157 Å². The van der Waals surface area contributed by atoms with Gasteiger partial charge in [0.1, 0.15) is 11.4 Å². The topological polar surface area (TPSA) is 54.4 Å². The van der Waals surface area contributed by atoms with Crippen molar-refractivity contribution in [2.24, 2.45) is 5.18 Å². The maximum absolute atomic E-state index is 11.9. The van der Waals surface area contributed by atoms with Crippen LogP contribution in [0.15, 0.2) is 90.1 Å². The summed E-state index contributed by atoms with van der Waals surface area (Å²) in [5, 5.41) is 3.40. The van der Waals surface area contributed by atoms with Gasteiger partial charge in [-0.05, 0) is 40.6 Å². The second-order valence-corrected chi connectivity index (χ2v) is 6.15. The van der Waals surface area contributed by atoms with E-state index < -0.39 is 0 Å². The first-order valence-corrected chi connectivity index (χ1v) is 8.66. The molecule has 0 aliphatic rings. The van der Waals surface area contributed by atoms with E-state index >= 15 is 0 Å². The fourth-order valence-corrected chi connectivity index (χ4v) is 3.26. The summed E-state index contributed by atoms with van der Waals surface area (Å²) in [6.45, 7) is 0. The average Bonchev–Trinajstić information content (AvgIpc) is 3.14. The number of nitrogens with zero attached hydrogens (tertiary/aromatic N) is 1. The smallest absolute Gasteiger partial charge is 0.141 e. The van der Waals surface area contributed by atoms with E-state index in [2.05, 4.69) is 10.2 Å². The van der Waals surface area contributed by atoms with Crippen LogP contribution in [0.4, 0.5) is 5.69 Å². The second-order valence-electron chi connectivity index (χ2n) is 6.15. The highest BCUT2D eigenvalue weighted by Gasteiger charge is 2.22. The normalized spacial score (nSPS) is 10.6. The number of aromatic amines is 1. The highest BCUT2D eigenvalue weighted by molar-refractivity contribution is 5.97. The summed E-state index contributed by atoms with van der Waals surface area (Å²) in [5.41, 5.74) is 5.62. The van der Waals surface area contributed by atoms with E-state index in [-0.39, 0.29) is 0 Å². The molecule has 3 aromatic carbocycles. The van der Waals surface area contributed by atoms with Gasteiger partial charge in [-0.1, -0.05) is 60.7 Å². The Morgan fingerprint density at radius 3 is 1.81 bits per heavy atom. The molecule has 0 fully saturated rings. The van der Waals surface area contributed by atoms with Crippen molar-refractivity contribution in [3.63, 3.8) is 0 Å². The van der Waals surface area contributed by atoms with Crippen LogP contribution in [0, 0.1) is 4.91 Å². The van der Waals surface area contributed by atoms with Gasteiger partial charge in [0.2, 0.25) is 0 Å². The van der Waals surface area contributed by atoms with Gasteiger partial charge in [0, 0.05) is 11.1 Å². The van der Waals surface area contributed by atoms with Gasteiger partial charge in [-0.2, -0.15) is 0 Å². The minimum absolute atomic E-state index is 0.408. The number of hydrogen-bond acceptors (Lipinski definition) is 3. The molecular weight excluding hydrogens is 336 g/mol. The number of nitrogens with one attached hydrogen (secondary N) is 1. The number of ether oxygens (including phenoxy) is 1. The molecule has 0 bridgehead atoms. The molecule has 0 amide bonds. The predicted octanol–water partition coefficient (Wildman–Crippen LogP) is 6.42. The third-order valence-electron chi connectivity index (χ3n) is 4.57. The van der Waals surface area contributed by atoms with Gasteiger partial charge in [-0.3, -0.25) is 0 Å². The zero-order chi connectivity index (χ0) is 18.6. The van der Waals surface area contributed by atoms with Crippen molar-refractivity contribution in [1.82, 2.24) is 4.98 Å². The molecule has 0 saturated heterocycles. The van der Waals surface area contributed by atoms with Crippen molar-refractivity contribution in [2.45, 2.75) is 0 Å². The summed E-state index contributed by atoms with van der Waals surface area (Å²) in [6.07, 6.45) is 0. The Bertz CT molecular complexity index is 1050. The highest BCUT2D eigenvalue weighted by atomic mass is 16.5. The maximum Gasteiger partial charge on any atom is 0.141 e. The van der Waals surface area contributed by atoms with Crippen molar-refractivity contribution in [3.8, 4) is 39.4 Å². The zero-order valence-corrected chi connectivity index (χ0v) is 14.8. The fourth-order valence-electron chi connectivity index (χ4n) is 3.26. The summed E-state index contributed by atoms with van der Waals surface area (Å²) in [5.74, 6) is 0.762. The molecule has 1 heterocycles. The molecule has 0 radical (unpaired) electrons. The van der Waals surface area contributed by atoms with Gasteiger partial charge in [0.05, 0.1) is 18.5 Å². The first-order valence-electron chi connectivity index (χ1n) is 8.66. The number of H-pyrrole nitrogens is 1. The molecule has 4 heteroatoms. The van der Waals surface area contributed by atoms with Crippen LogP contribution in [-0.4, -0.2) is 12.1 Å². The minimum atomic E-state index is 0.408. The summed E-state index contributed by atoms with van der Waals surface area (Å²) in [6, 6.07) is 27.4. The molecule has 0 atom stereocenters. The van der Waals surface area contributed by atoms with Gasteiger partial charge in [-0.25, -0.2) is 0 Å². The fraction of sp³-hybridized carbons (Fsp3) is 0.0435. The highest BCUT2D eigenvalue weighted by Crippen LogP contribution is 2.45. The number of nitroso groups, excluding NO2 is 1. The molecule has 1 aromatic heterocycles. The first-order chi connectivity index (χ1) is 13.3. The van der Waals surface area contributed by atoms with Crippen LogP contribution in [-0.2, 0) is 0 Å². The van der Waals surface area contributed by atoms with Crippen molar-refractivity contribution in [3.05, 3.63) is 89.8 Å². The molecule has 1 N–H and O–H groups in total. The van der Waals surface area contributed by atoms with Crippen LogP contribution < -0.4 is 4.74 Å². The lowest BCUT2D eigenvalue weighted by Gasteiger charge is -2.05. The van der Waals surface area contributed by atoms with Gasteiger partial charge < -0.3 is 9.72 Å². The molecular formula is C23H18N2O2. The van der Waals surface area contributed by atoms with E-state index in [1.165, 1.54) is 0 Å². The standard InChI is InChI=1S/C23H18N2O2/c1-27-19-14-12-18(13-15-19)22-23(25-26)20(16-8-4-2-5-9-16)21(24-22)17-10-6-3-7-11-17/h2-15,24H,1H3. The van der Waals surface area contributed by atoms with Crippen LogP contribution in [0.25, 0.3) is 33.6 Å². The Balaban J connectivity index is 1.98. The molecule has 132 valence electrons. The predicted molar refractivity (Wildman–Crippen MR) is 109 cm³/mol. The summed E-state index contributed by atoms with van der Waals surface area (Å²) < 4.78 is 5.23. The Morgan fingerprint density at radius 2 is 1.26 bits per heavy atom. The SMILES string of the molecule is COc1ccc(-c2[nH]c(-c3ccccc3)c(-c3ccccc3)c2N=O)cc1. The Kier molecular flexibility index (Phi) is 4.54. The number of rotatable bonds is 5. The quantitative estimate of drug-likeness (QED) is 0.420. The second kappa shape index (κ2) is 7.30. The van der Waals surface area contributed by atoms with Gasteiger partial charge in [0.15, 0.2) is 0 Å². The molecule has 0 spiro atoms. The van der Waals surface area contributed by atoms with Crippen LogP contribution in [0.5, 0.6) is 5.75 Å². The number of benzene rings is 3. The van der Waals surface area contributed by atoms with Gasteiger partial charge in [0.25, 0.3) is 0 Å². The third-order valence-corrected chi connectivity index (χ3v) is 4.57. The largest absolute Gasteiger partial charge is 0.497 e. The van der Waals surface area contributed by atoms with Crippen LogP contribution in [0.3, 0.4) is 0 Å². The number of hydrogen-bond donors (Lipinski definition) is 1. The van der Waals surface area contributed by atoms with Gasteiger partial charge in [-0.15, -0.1) is 4.91 Å². The molecule has 27 heavy (non-hydrogen) atoms. The first kappa shape index (κ1) is 16.8. The zero-order valence-electron chi connectivity index (χ0n) is 14.8. The lowest BCUT2D eigenvalue weighted by Crippen LogP contribution is -1.83. The third kappa shape index (κ3) is 3.13. The van der Waals surface area contributed by atoms with Crippen LogP contribution >= 0.6 is 0 Å². The molecule has 0 saturated carbocycles. The molecule has 0 unspecified atom stereocenters. The van der Waals surface area contributed by atoms with Crippen molar-refractivity contribution in [2.75, 3.05) is 7.11 Å². The summed E-state index contributed by atoms with van der Waals surface area (Å²) in [4.78, 5) is 15.3. The number of aromatic nitrogens is 1. The molecule has 4 nitrogen and oxygen atoms in total. The van der Waals surface area contributed by atoms with Crippen LogP contribution in [0.1, 0.15) is 0 Å². The monoisotopic (exact) mass is 354 g/mol. The van der Waals surface area contributed by atoms with E-state index in [1.807, 2.05) is 84.9 Å². The van der Waals surface area contributed by atoms with Crippen molar-refractivity contribution in [1.29, 1.82) is 0 Å². The van der Waals surface area contributed by atoms with E-state index in [0.717, 1.165) is 33.7 Å². The average molecular weight is 354 g/mol. The van der Waals surface area contributed by atoms with E-state index in [9.17, 15) is 4.91 Å². The number of methoxy groups -OCH3 is 1.